The van der Waals surface area contributed by atoms with Crippen molar-refractivity contribution in [2.75, 3.05) is 0 Å². The number of aromatic nitrogens is 1. The Morgan fingerprint density at radius 2 is 2.25 bits per heavy atom. The summed E-state index contributed by atoms with van der Waals surface area (Å²) in [6, 6.07) is 3.63. The van der Waals surface area contributed by atoms with Crippen LogP contribution in [-0.2, 0) is 4.79 Å². The Labute approximate surface area is 103 Å². The van der Waals surface area contributed by atoms with E-state index in [0.29, 0.717) is 5.69 Å². The summed E-state index contributed by atoms with van der Waals surface area (Å²) in [6.45, 7) is 3.62. The first-order chi connectivity index (χ1) is 7.30. The van der Waals surface area contributed by atoms with E-state index in [0.717, 1.165) is 4.47 Å². The molecule has 0 amide bonds. The van der Waals surface area contributed by atoms with E-state index < -0.39 is 11.5 Å². The minimum absolute atomic E-state index is 0.0157. The first kappa shape index (κ1) is 13.1. The van der Waals surface area contributed by atoms with Gasteiger partial charge in [0.2, 0.25) is 0 Å². The third kappa shape index (κ3) is 3.57. The predicted octanol–water partition coefficient (Wildman–Crippen LogP) is 2.14. The highest BCUT2D eigenvalue weighted by atomic mass is 79.9. The zero-order valence-corrected chi connectivity index (χ0v) is 10.9. The molecule has 0 aliphatic rings. The first-order valence-electron chi connectivity index (χ1n) is 4.93. The molecular formula is C11H15BrN2O2. The van der Waals surface area contributed by atoms with E-state index in [4.69, 9.17) is 10.8 Å². The van der Waals surface area contributed by atoms with Crippen LogP contribution in [0, 0.1) is 0 Å². The maximum Gasteiger partial charge on any atom is 0.304 e. The van der Waals surface area contributed by atoms with E-state index in [9.17, 15) is 4.79 Å². The van der Waals surface area contributed by atoms with Crippen LogP contribution in [-0.4, -0.2) is 21.6 Å². The van der Waals surface area contributed by atoms with Gasteiger partial charge in [-0.1, -0.05) is 0 Å². The Morgan fingerprint density at radius 3 is 2.62 bits per heavy atom. The summed E-state index contributed by atoms with van der Waals surface area (Å²) in [4.78, 5) is 15.0. The van der Waals surface area contributed by atoms with E-state index in [1.165, 1.54) is 0 Å². The van der Waals surface area contributed by atoms with Crippen LogP contribution in [0.2, 0.25) is 0 Å². The van der Waals surface area contributed by atoms with Crippen LogP contribution in [0.15, 0.2) is 22.8 Å². The number of pyridine rings is 1. The van der Waals surface area contributed by atoms with Crippen molar-refractivity contribution in [3.05, 3.63) is 28.5 Å². The van der Waals surface area contributed by atoms with Gasteiger partial charge in [-0.2, -0.15) is 0 Å². The van der Waals surface area contributed by atoms with Gasteiger partial charge in [0.05, 0.1) is 6.42 Å². The van der Waals surface area contributed by atoms with Crippen molar-refractivity contribution < 1.29 is 9.90 Å². The first-order valence-corrected chi connectivity index (χ1v) is 5.72. The molecule has 0 bridgehead atoms. The fourth-order valence-corrected chi connectivity index (χ4v) is 1.75. The molecule has 1 heterocycles. The van der Waals surface area contributed by atoms with Crippen molar-refractivity contribution >= 4 is 21.9 Å². The van der Waals surface area contributed by atoms with Crippen LogP contribution in [0.1, 0.15) is 31.9 Å². The number of halogens is 1. The quantitative estimate of drug-likeness (QED) is 0.889. The lowest BCUT2D eigenvalue weighted by molar-refractivity contribution is -0.137. The molecule has 0 aromatic carbocycles. The number of hydrogen-bond acceptors (Lipinski definition) is 3. The van der Waals surface area contributed by atoms with Gasteiger partial charge in [0.15, 0.2) is 0 Å². The van der Waals surface area contributed by atoms with Crippen molar-refractivity contribution in [1.29, 1.82) is 0 Å². The minimum Gasteiger partial charge on any atom is -0.481 e. The second kappa shape index (κ2) is 4.93. The van der Waals surface area contributed by atoms with Gasteiger partial charge in [0.1, 0.15) is 0 Å². The number of nitrogens with zero attached hydrogens (tertiary/aromatic N) is 1. The molecule has 1 atom stereocenters. The van der Waals surface area contributed by atoms with Crippen molar-refractivity contribution in [2.45, 2.75) is 31.7 Å². The van der Waals surface area contributed by atoms with Crippen molar-refractivity contribution in [1.82, 2.24) is 4.98 Å². The maximum atomic E-state index is 10.8. The normalized spacial score (nSPS) is 13.5. The molecule has 1 aromatic rings. The third-order valence-corrected chi connectivity index (χ3v) is 2.85. The molecule has 5 heteroatoms. The van der Waals surface area contributed by atoms with Gasteiger partial charge in [-0.3, -0.25) is 9.78 Å². The number of hydrogen-bond donors (Lipinski definition) is 2. The Morgan fingerprint density at radius 1 is 1.62 bits per heavy atom. The number of carboxylic acids is 1. The molecule has 1 unspecified atom stereocenters. The molecule has 4 nitrogen and oxygen atoms in total. The van der Waals surface area contributed by atoms with Crippen LogP contribution in [0.25, 0.3) is 0 Å². The molecule has 0 fully saturated rings. The highest BCUT2D eigenvalue weighted by Crippen LogP contribution is 2.28. The van der Waals surface area contributed by atoms with Gasteiger partial charge < -0.3 is 10.8 Å². The number of rotatable bonds is 4. The van der Waals surface area contributed by atoms with E-state index in [1.807, 2.05) is 19.9 Å². The third-order valence-electron chi connectivity index (χ3n) is 2.38. The summed E-state index contributed by atoms with van der Waals surface area (Å²) in [5.74, 6) is -1.16. The summed E-state index contributed by atoms with van der Waals surface area (Å²) in [5.41, 5.74) is 6.08. The van der Waals surface area contributed by atoms with E-state index in [1.54, 1.807) is 12.3 Å². The average molecular weight is 287 g/mol. The Hall–Kier alpha value is -0.940. The number of carboxylic acid groups (broad SMARTS) is 1. The molecule has 0 aliphatic carbocycles. The standard InChI is InChI=1S/C11H15BrN2O2/c1-11(2,13)8(5-10(15)16)9-4-3-7(12)6-14-9/h3-4,6,8H,5,13H2,1-2H3,(H,15,16). The minimum atomic E-state index is -0.867. The van der Waals surface area contributed by atoms with E-state index >= 15 is 0 Å². The fraction of sp³-hybridized carbons (Fsp3) is 0.455. The van der Waals surface area contributed by atoms with Crippen molar-refractivity contribution in [3.8, 4) is 0 Å². The lowest BCUT2D eigenvalue weighted by atomic mass is 9.83. The molecule has 0 saturated heterocycles. The number of nitrogens with two attached hydrogens (primary N) is 1. The average Bonchev–Trinajstić information content (AvgIpc) is 2.14. The molecule has 88 valence electrons. The van der Waals surface area contributed by atoms with Crippen molar-refractivity contribution in [2.24, 2.45) is 5.73 Å². The number of aliphatic carboxylic acids is 1. The van der Waals surface area contributed by atoms with Crippen LogP contribution in [0.3, 0.4) is 0 Å². The fourth-order valence-electron chi connectivity index (χ4n) is 1.52. The summed E-state index contributed by atoms with van der Waals surface area (Å²) in [7, 11) is 0. The van der Waals surface area contributed by atoms with Crippen LogP contribution in [0.5, 0.6) is 0 Å². The molecule has 0 spiro atoms. The van der Waals surface area contributed by atoms with Gasteiger partial charge in [-0.05, 0) is 41.9 Å². The predicted molar refractivity (Wildman–Crippen MR) is 65.2 cm³/mol. The summed E-state index contributed by atoms with van der Waals surface area (Å²) < 4.78 is 0.861. The molecule has 0 saturated carbocycles. The highest BCUT2D eigenvalue weighted by Gasteiger charge is 2.29. The van der Waals surface area contributed by atoms with E-state index in [-0.39, 0.29) is 12.3 Å². The van der Waals surface area contributed by atoms with E-state index in [2.05, 4.69) is 20.9 Å². The van der Waals surface area contributed by atoms with Crippen LogP contribution < -0.4 is 5.73 Å². The molecule has 3 N–H and O–H groups in total. The Balaban J connectivity index is 3.01. The highest BCUT2D eigenvalue weighted by molar-refractivity contribution is 9.10. The largest absolute Gasteiger partial charge is 0.481 e. The van der Waals surface area contributed by atoms with Crippen LogP contribution in [0.4, 0.5) is 0 Å². The van der Waals surface area contributed by atoms with Gasteiger partial charge in [0.25, 0.3) is 0 Å². The maximum absolute atomic E-state index is 10.8. The summed E-state index contributed by atoms with van der Waals surface area (Å²) in [5, 5.41) is 8.87. The zero-order valence-electron chi connectivity index (χ0n) is 9.27. The zero-order chi connectivity index (χ0) is 12.3. The molecule has 0 aliphatic heterocycles. The smallest absolute Gasteiger partial charge is 0.304 e. The van der Waals surface area contributed by atoms with Crippen LogP contribution >= 0.6 is 15.9 Å². The molecule has 16 heavy (non-hydrogen) atoms. The summed E-state index contributed by atoms with van der Waals surface area (Å²) in [6.07, 6.45) is 1.63. The molecule has 1 aromatic heterocycles. The Kier molecular flexibility index (Phi) is 4.04. The number of carbonyl (C=O) groups is 1. The molecule has 1 rings (SSSR count). The Bertz CT molecular complexity index is 371. The SMILES string of the molecule is CC(C)(N)C(CC(=O)O)c1ccc(Br)cn1. The lowest BCUT2D eigenvalue weighted by Crippen LogP contribution is -2.40. The topological polar surface area (TPSA) is 76.2 Å². The summed E-state index contributed by atoms with van der Waals surface area (Å²) >= 11 is 3.29. The monoisotopic (exact) mass is 286 g/mol. The lowest BCUT2D eigenvalue weighted by Gasteiger charge is -2.28. The van der Waals surface area contributed by atoms with Gasteiger partial charge in [-0.15, -0.1) is 0 Å². The second-order valence-electron chi connectivity index (χ2n) is 4.37. The van der Waals surface area contributed by atoms with Gasteiger partial charge in [0, 0.05) is 27.8 Å². The second-order valence-corrected chi connectivity index (χ2v) is 5.29. The van der Waals surface area contributed by atoms with Crippen molar-refractivity contribution in [3.63, 3.8) is 0 Å². The molecule has 0 radical (unpaired) electrons. The van der Waals surface area contributed by atoms with Gasteiger partial charge >= 0.3 is 5.97 Å². The van der Waals surface area contributed by atoms with Gasteiger partial charge in [-0.25, -0.2) is 0 Å². The molecular weight excluding hydrogens is 272 g/mol.